The van der Waals surface area contributed by atoms with E-state index in [-0.39, 0.29) is 37.4 Å². The van der Waals surface area contributed by atoms with Crippen LogP contribution in [0.15, 0.2) is 41.2 Å². The fraction of sp³-hybridized carbons (Fsp3) is 0.391. The number of sulfonamides is 1. The Morgan fingerprint density at radius 2 is 1.79 bits per heavy atom. The average molecular weight is 484 g/mol. The Bertz CT molecular complexity index is 1350. The third-order valence-electron chi connectivity index (χ3n) is 6.37. The van der Waals surface area contributed by atoms with Crippen molar-refractivity contribution in [2.24, 2.45) is 0 Å². The molecule has 0 spiro atoms. The zero-order valence-corrected chi connectivity index (χ0v) is 19.8. The van der Waals surface area contributed by atoms with E-state index >= 15 is 0 Å². The van der Waals surface area contributed by atoms with Gasteiger partial charge in [0.2, 0.25) is 10.0 Å². The predicted octanol–water partition coefficient (Wildman–Crippen LogP) is 0.530. The lowest BCUT2D eigenvalue weighted by molar-refractivity contribution is 0.0694. The highest BCUT2D eigenvalue weighted by Crippen LogP contribution is 2.45. The van der Waals surface area contributed by atoms with Crippen LogP contribution in [0.4, 0.5) is 0 Å². The zero-order valence-electron chi connectivity index (χ0n) is 18.9. The second-order valence-corrected chi connectivity index (χ2v) is 11.3. The summed E-state index contributed by atoms with van der Waals surface area (Å²) in [5, 5.41) is 11.5. The molecule has 4 rings (SSSR count). The summed E-state index contributed by atoms with van der Waals surface area (Å²) in [4.78, 5) is 40.1. The molecule has 11 heteroatoms. The first-order valence-electron chi connectivity index (χ1n) is 10.8. The van der Waals surface area contributed by atoms with Gasteiger partial charge in [0.15, 0.2) is 0 Å². The minimum atomic E-state index is -3.52. The lowest BCUT2D eigenvalue weighted by Gasteiger charge is -2.33. The van der Waals surface area contributed by atoms with Crippen molar-refractivity contribution >= 4 is 21.8 Å². The Hall–Kier alpha value is -3.49. The molecule has 1 aromatic heterocycles. The molecule has 1 fully saturated rings. The Kier molecular flexibility index (Phi) is 6.05. The van der Waals surface area contributed by atoms with E-state index in [1.54, 1.807) is 24.3 Å². The van der Waals surface area contributed by atoms with Gasteiger partial charge in [-0.2, -0.15) is 5.26 Å². The molecule has 2 heterocycles. The molecule has 2 aliphatic rings. The monoisotopic (exact) mass is 483 g/mol. The quantitative estimate of drug-likeness (QED) is 0.611. The first-order chi connectivity index (χ1) is 16.1. The van der Waals surface area contributed by atoms with Gasteiger partial charge in [0, 0.05) is 40.3 Å². The van der Waals surface area contributed by atoms with Crippen molar-refractivity contribution in [2.75, 3.05) is 27.2 Å². The van der Waals surface area contributed by atoms with Crippen LogP contribution >= 0.6 is 0 Å². The van der Waals surface area contributed by atoms with E-state index < -0.39 is 32.1 Å². The molecule has 1 aliphatic carbocycles. The summed E-state index contributed by atoms with van der Waals surface area (Å²) >= 11 is 0. The molecule has 0 unspecified atom stereocenters. The number of amides is 2. The van der Waals surface area contributed by atoms with Gasteiger partial charge in [-0.25, -0.2) is 12.7 Å². The van der Waals surface area contributed by atoms with E-state index in [0.29, 0.717) is 18.4 Å². The van der Waals surface area contributed by atoms with Crippen LogP contribution in [-0.4, -0.2) is 65.9 Å². The molecule has 0 saturated heterocycles. The Morgan fingerprint density at radius 1 is 1.12 bits per heavy atom. The zero-order chi connectivity index (χ0) is 24.7. The van der Waals surface area contributed by atoms with E-state index in [2.05, 4.69) is 5.32 Å². The Balaban J connectivity index is 1.48. The van der Waals surface area contributed by atoms with Gasteiger partial charge in [-0.1, -0.05) is 12.1 Å². The second-order valence-electron chi connectivity index (χ2n) is 8.78. The number of rotatable bonds is 7. The van der Waals surface area contributed by atoms with Gasteiger partial charge < -0.3 is 14.8 Å². The van der Waals surface area contributed by atoms with E-state index in [4.69, 9.17) is 5.26 Å². The second kappa shape index (κ2) is 8.70. The SMILES string of the molecule is CN(C)S(=O)(=O)C1(CN2CCn3c(ccc(C(=O)NCc4ccc(C#N)cc4)c3=O)C2=O)CC1. The minimum absolute atomic E-state index is 0.0764. The van der Waals surface area contributed by atoms with Gasteiger partial charge in [0.1, 0.15) is 16.0 Å². The van der Waals surface area contributed by atoms with Crippen molar-refractivity contribution in [3.8, 4) is 6.07 Å². The number of carbonyl (C=O) groups excluding carboxylic acids is 2. The number of carbonyl (C=O) groups is 2. The van der Waals surface area contributed by atoms with Crippen LogP contribution < -0.4 is 10.9 Å². The van der Waals surface area contributed by atoms with Crippen molar-refractivity contribution < 1.29 is 18.0 Å². The number of fused-ring (bicyclic) bond motifs is 1. The molecule has 0 bridgehead atoms. The largest absolute Gasteiger partial charge is 0.348 e. The summed E-state index contributed by atoms with van der Waals surface area (Å²) in [5.74, 6) is -0.985. The molecule has 1 aliphatic heterocycles. The lowest BCUT2D eigenvalue weighted by Crippen LogP contribution is -2.51. The van der Waals surface area contributed by atoms with Gasteiger partial charge in [-0.3, -0.25) is 14.4 Å². The van der Waals surface area contributed by atoms with Crippen LogP contribution in [0, 0.1) is 11.3 Å². The van der Waals surface area contributed by atoms with Crippen LogP contribution in [-0.2, 0) is 23.1 Å². The third kappa shape index (κ3) is 4.10. The number of hydrogen-bond donors (Lipinski definition) is 1. The molecule has 0 radical (unpaired) electrons. The van der Waals surface area contributed by atoms with Crippen LogP contribution in [0.2, 0.25) is 0 Å². The summed E-state index contributed by atoms with van der Waals surface area (Å²) in [6, 6.07) is 11.5. The molecule has 178 valence electrons. The number of nitrogens with one attached hydrogen (secondary N) is 1. The van der Waals surface area contributed by atoms with Crippen LogP contribution in [0.25, 0.3) is 0 Å². The summed E-state index contributed by atoms with van der Waals surface area (Å²) in [7, 11) is -0.558. The van der Waals surface area contributed by atoms with Gasteiger partial charge in [-0.15, -0.1) is 0 Å². The van der Waals surface area contributed by atoms with Gasteiger partial charge in [0.25, 0.3) is 17.4 Å². The average Bonchev–Trinajstić information content (AvgIpc) is 3.61. The summed E-state index contributed by atoms with van der Waals surface area (Å²) in [5.41, 5.74) is 0.780. The molecule has 2 aromatic rings. The number of hydrogen-bond acceptors (Lipinski definition) is 6. The highest BCUT2D eigenvalue weighted by Gasteiger charge is 2.57. The fourth-order valence-electron chi connectivity index (χ4n) is 4.14. The minimum Gasteiger partial charge on any atom is -0.348 e. The molecule has 1 aromatic carbocycles. The molecule has 10 nitrogen and oxygen atoms in total. The highest BCUT2D eigenvalue weighted by molar-refractivity contribution is 7.90. The first-order valence-corrected chi connectivity index (χ1v) is 12.3. The van der Waals surface area contributed by atoms with Crippen LogP contribution in [0.5, 0.6) is 0 Å². The highest BCUT2D eigenvalue weighted by atomic mass is 32.2. The standard InChI is InChI=1S/C23H25N5O5S/c1-26(2)34(32,33)23(9-10-23)15-27-11-12-28-19(22(27)31)8-7-18(21(28)30)20(29)25-14-17-5-3-16(13-24)4-6-17/h3-8H,9-12,14-15H2,1-2H3,(H,25,29). The van der Waals surface area contributed by atoms with E-state index in [1.165, 1.54) is 40.0 Å². The maximum absolute atomic E-state index is 13.0. The van der Waals surface area contributed by atoms with Crippen molar-refractivity contribution in [1.82, 2.24) is 19.1 Å². The predicted molar refractivity (Wildman–Crippen MR) is 124 cm³/mol. The number of benzene rings is 1. The molecule has 2 amide bonds. The molecule has 34 heavy (non-hydrogen) atoms. The van der Waals surface area contributed by atoms with E-state index in [1.807, 2.05) is 6.07 Å². The topological polar surface area (TPSA) is 133 Å². The number of nitriles is 1. The summed E-state index contributed by atoms with van der Waals surface area (Å²) < 4.78 is 26.9. The summed E-state index contributed by atoms with van der Waals surface area (Å²) in [6.07, 6.45) is 0.977. The van der Waals surface area contributed by atoms with Gasteiger partial charge >= 0.3 is 0 Å². The van der Waals surface area contributed by atoms with Gasteiger partial charge in [-0.05, 0) is 42.7 Å². The van der Waals surface area contributed by atoms with Crippen molar-refractivity contribution in [3.63, 3.8) is 0 Å². The van der Waals surface area contributed by atoms with Crippen molar-refractivity contribution in [1.29, 1.82) is 5.26 Å². The van der Waals surface area contributed by atoms with Gasteiger partial charge in [0.05, 0.1) is 11.6 Å². The number of nitrogens with zero attached hydrogens (tertiary/aromatic N) is 4. The number of aromatic nitrogens is 1. The van der Waals surface area contributed by atoms with Crippen molar-refractivity contribution in [3.05, 3.63) is 69.1 Å². The maximum atomic E-state index is 13.0. The molecule has 1 N–H and O–H groups in total. The Labute approximate surface area is 197 Å². The normalized spacial score (nSPS) is 16.6. The first kappa shape index (κ1) is 23.7. The molecular weight excluding hydrogens is 458 g/mol. The molecule has 0 atom stereocenters. The summed E-state index contributed by atoms with van der Waals surface area (Å²) in [6.45, 7) is 0.621. The lowest BCUT2D eigenvalue weighted by atomic mass is 10.1. The number of pyridine rings is 1. The third-order valence-corrected chi connectivity index (χ3v) is 8.96. The maximum Gasteiger partial charge on any atom is 0.270 e. The molecular formula is C23H25N5O5S. The van der Waals surface area contributed by atoms with Crippen molar-refractivity contribution in [2.45, 2.75) is 30.7 Å². The smallest absolute Gasteiger partial charge is 0.270 e. The van der Waals surface area contributed by atoms with E-state index in [9.17, 15) is 22.8 Å². The van der Waals surface area contributed by atoms with E-state index in [0.717, 1.165) is 5.56 Å². The molecule has 1 saturated carbocycles. The van der Waals surface area contributed by atoms with Crippen LogP contribution in [0.3, 0.4) is 0 Å². The fourth-order valence-corrected chi connectivity index (χ4v) is 5.85. The van der Waals surface area contributed by atoms with Crippen LogP contribution in [0.1, 0.15) is 44.8 Å². The Morgan fingerprint density at radius 3 is 2.38 bits per heavy atom.